The highest BCUT2D eigenvalue weighted by Crippen LogP contribution is 2.15. The predicted octanol–water partition coefficient (Wildman–Crippen LogP) is -0.360. The number of hydrogen-bond acceptors (Lipinski definition) is 6. The summed E-state index contributed by atoms with van der Waals surface area (Å²) >= 11 is 0. The summed E-state index contributed by atoms with van der Waals surface area (Å²) in [4.78, 5) is 16.4. The van der Waals surface area contributed by atoms with Gasteiger partial charge in [-0.1, -0.05) is 0 Å². The Labute approximate surface area is 106 Å². The van der Waals surface area contributed by atoms with E-state index in [2.05, 4.69) is 29.6 Å². The van der Waals surface area contributed by atoms with Gasteiger partial charge in [-0.3, -0.25) is 0 Å². The van der Waals surface area contributed by atoms with Gasteiger partial charge in [0.25, 0.3) is 10.0 Å². The van der Waals surface area contributed by atoms with E-state index in [-0.39, 0.29) is 22.5 Å². The molecule has 0 aliphatic rings. The Morgan fingerprint density at radius 1 is 1.53 bits per heavy atom. The van der Waals surface area contributed by atoms with Gasteiger partial charge < -0.3 is 14.8 Å². The third-order valence-corrected chi connectivity index (χ3v) is 3.39. The van der Waals surface area contributed by atoms with Crippen LogP contribution < -0.4 is 9.46 Å². The van der Waals surface area contributed by atoms with Gasteiger partial charge in [0.15, 0.2) is 0 Å². The topological polar surface area (TPSA) is 150 Å². The summed E-state index contributed by atoms with van der Waals surface area (Å²) in [5.41, 5.74) is -0.240. The summed E-state index contributed by atoms with van der Waals surface area (Å²) in [6, 6.07) is 0.955. The number of nitrogens with one attached hydrogen (secondary N) is 3. The van der Waals surface area contributed by atoms with Crippen molar-refractivity contribution in [2.75, 3.05) is 11.8 Å². The Bertz CT molecular complexity index is 703. The molecule has 0 spiro atoms. The van der Waals surface area contributed by atoms with E-state index < -0.39 is 16.0 Å². The average Bonchev–Trinajstić information content (AvgIpc) is 2.95. The molecule has 0 aromatic carbocycles. The Kier molecular flexibility index (Phi) is 3.12. The number of nitrogens with zero attached hydrogens (tertiary/aromatic N) is 2. The smallest absolute Gasteiger partial charge is 0.352 e. The zero-order valence-corrected chi connectivity index (χ0v) is 10.4. The molecule has 10 nitrogen and oxygen atoms in total. The molecule has 2 heterocycles. The van der Waals surface area contributed by atoms with E-state index in [9.17, 15) is 13.2 Å². The van der Waals surface area contributed by atoms with Gasteiger partial charge in [-0.2, -0.15) is 4.98 Å². The first-order valence-electron chi connectivity index (χ1n) is 4.83. The molecule has 2 aromatic rings. The SMILES string of the molecule is COc1n[nH]c(NS(=O)(=O)c2c[nH]c(C(=O)O)c2)n1. The van der Waals surface area contributed by atoms with Crippen molar-refractivity contribution in [2.24, 2.45) is 0 Å². The molecule has 0 amide bonds. The quantitative estimate of drug-likeness (QED) is 0.586. The summed E-state index contributed by atoms with van der Waals surface area (Å²) in [7, 11) is -2.63. The fraction of sp³-hybridized carbons (Fsp3) is 0.125. The molecule has 0 unspecified atom stereocenters. The first-order valence-corrected chi connectivity index (χ1v) is 6.31. The van der Waals surface area contributed by atoms with Crippen LogP contribution in [0.5, 0.6) is 6.01 Å². The summed E-state index contributed by atoms with van der Waals surface area (Å²) in [5, 5.41) is 14.6. The van der Waals surface area contributed by atoms with Crippen molar-refractivity contribution in [3.8, 4) is 6.01 Å². The Morgan fingerprint density at radius 2 is 2.26 bits per heavy atom. The molecule has 11 heteroatoms. The molecule has 4 N–H and O–H groups in total. The lowest BCUT2D eigenvalue weighted by Crippen LogP contribution is -2.13. The molecule has 0 aliphatic carbocycles. The standard InChI is InChI=1S/C8H9N5O5S/c1-18-8-10-7(11-12-8)13-19(16,17)4-2-5(6(14)15)9-3-4/h2-3,9H,1H3,(H,14,15)(H2,10,11,12,13). The van der Waals surface area contributed by atoms with Crippen molar-refractivity contribution in [1.29, 1.82) is 0 Å². The lowest BCUT2D eigenvalue weighted by molar-refractivity contribution is 0.0691. The number of sulfonamides is 1. The van der Waals surface area contributed by atoms with E-state index >= 15 is 0 Å². The van der Waals surface area contributed by atoms with Crippen molar-refractivity contribution in [2.45, 2.75) is 4.90 Å². The van der Waals surface area contributed by atoms with Crippen LogP contribution in [0.1, 0.15) is 10.5 Å². The molecule has 2 aromatic heterocycles. The number of aromatic carboxylic acids is 1. The van der Waals surface area contributed by atoms with Gasteiger partial charge in [0.05, 0.1) is 7.11 Å². The molecule has 2 rings (SSSR count). The minimum Gasteiger partial charge on any atom is -0.477 e. The van der Waals surface area contributed by atoms with E-state index in [4.69, 9.17) is 5.11 Å². The molecule has 0 radical (unpaired) electrons. The number of hydrogen-bond donors (Lipinski definition) is 4. The molecule has 0 fully saturated rings. The minimum atomic E-state index is -3.95. The molecule has 0 bridgehead atoms. The van der Waals surface area contributed by atoms with E-state index in [1.54, 1.807) is 0 Å². The van der Waals surface area contributed by atoms with Crippen molar-refractivity contribution >= 4 is 21.9 Å². The van der Waals surface area contributed by atoms with E-state index in [1.807, 2.05) is 0 Å². The monoisotopic (exact) mass is 287 g/mol. The van der Waals surface area contributed by atoms with Crippen LogP contribution in [0.15, 0.2) is 17.2 Å². The van der Waals surface area contributed by atoms with Crippen LogP contribution in [0, 0.1) is 0 Å². The highest BCUT2D eigenvalue weighted by molar-refractivity contribution is 7.92. The number of aromatic amines is 2. The Balaban J connectivity index is 2.24. The molecular formula is C8H9N5O5S. The predicted molar refractivity (Wildman–Crippen MR) is 61.5 cm³/mol. The van der Waals surface area contributed by atoms with Crippen molar-refractivity contribution in [1.82, 2.24) is 20.2 Å². The maximum atomic E-state index is 11.9. The van der Waals surface area contributed by atoms with Gasteiger partial charge in [0, 0.05) is 6.20 Å². The normalized spacial score (nSPS) is 11.2. The zero-order valence-electron chi connectivity index (χ0n) is 9.54. The Hall–Kier alpha value is -2.56. The largest absolute Gasteiger partial charge is 0.477 e. The first-order chi connectivity index (χ1) is 8.92. The highest BCUT2D eigenvalue weighted by Gasteiger charge is 2.20. The van der Waals surface area contributed by atoms with Crippen LogP contribution in [0.4, 0.5) is 5.95 Å². The third-order valence-electron chi connectivity index (χ3n) is 2.08. The molecule has 0 saturated heterocycles. The van der Waals surface area contributed by atoms with Gasteiger partial charge in [-0.15, -0.1) is 5.10 Å². The van der Waals surface area contributed by atoms with Crippen molar-refractivity contribution in [3.05, 3.63) is 18.0 Å². The molecule has 102 valence electrons. The van der Waals surface area contributed by atoms with Gasteiger partial charge in [-0.25, -0.2) is 23.0 Å². The number of H-pyrrole nitrogens is 2. The summed E-state index contributed by atoms with van der Waals surface area (Å²) in [6.07, 6.45) is 1.05. The lowest BCUT2D eigenvalue weighted by Gasteiger charge is -2.01. The van der Waals surface area contributed by atoms with Gasteiger partial charge in [-0.05, 0) is 6.07 Å². The van der Waals surface area contributed by atoms with Crippen LogP contribution in [0.2, 0.25) is 0 Å². The van der Waals surface area contributed by atoms with Gasteiger partial charge >= 0.3 is 12.0 Å². The zero-order chi connectivity index (χ0) is 14.0. The molecule has 0 aliphatic heterocycles. The number of carbonyl (C=O) groups is 1. The van der Waals surface area contributed by atoms with Crippen LogP contribution in [0.25, 0.3) is 0 Å². The van der Waals surface area contributed by atoms with Crippen molar-refractivity contribution in [3.63, 3.8) is 0 Å². The molecule has 19 heavy (non-hydrogen) atoms. The first kappa shape index (κ1) is 12.9. The minimum absolute atomic E-state index is 0.0296. The second-order valence-corrected chi connectivity index (χ2v) is 5.01. The fourth-order valence-electron chi connectivity index (χ4n) is 1.22. The molecule has 0 saturated carbocycles. The maximum absolute atomic E-state index is 11.9. The summed E-state index contributed by atoms with van der Waals surface area (Å²) in [6.45, 7) is 0. The number of ether oxygens (including phenoxy) is 1. The maximum Gasteiger partial charge on any atom is 0.352 e. The number of carboxylic acid groups (broad SMARTS) is 1. The number of carboxylic acids is 1. The second-order valence-electron chi connectivity index (χ2n) is 3.33. The average molecular weight is 287 g/mol. The van der Waals surface area contributed by atoms with Crippen LogP contribution in [-0.2, 0) is 10.0 Å². The van der Waals surface area contributed by atoms with E-state index in [1.165, 1.54) is 7.11 Å². The number of anilines is 1. The lowest BCUT2D eigenvalue weighted by atomic mass is 10.4. The van der Waals surface area contributed by atoms with Gasteiger partial charge in [0.1, 0.15) is 10.6 Å². The fourth-order valence-corrected chi connectivity index (χ4v) is 2.17. The third kappa shape index (κ3) is 2.65. The van der Waals surface area contributed by atoms with E-state index in [0.717, 1.165) is 12.3 Å². The van der Waals surface area contributed by atoms with Crippen LogP contribution in [0.3, 0.4) is 0 Å². The van der Waals surface area contributed by atoms with E-state index in [0.29, 0.717) is 0 Å². The second kappa shape index (κ2) is 4.61. The van der Waals surface area contributed by atoms with Crippen molar-refractivity contribution < 1.29 is 23.1 Å². The number of rotatable bonds is 5. The van der Waals surface area contributed by atoms with Gasteiger partial charge in [0.2, 0.25) is 5.95 Å². The summed E-state index contributed by atoms with van der Waals surface area (Å²) < 4.78 is 30.5. The Morgan fingerprint density at radius 3 is 2.79 bits per heavy atom. The highest BCUT2D eigenvalue weighted by atomic mass is 32.2. The number of aromatic nitrogens is 4. The summed E-state index contributed by atoms with van der Waals surface area (Å²) in [5.74, 6) is -1.40. The molecule has 0 atom stereocenters. The van der Waals surface area contributed by atoms with Crippen LogP contribution >= 0.6 is 0 Å². The van der Waals surface area contributed by atoms with Crippen LogP contribution in [-0.4, -0.2) is 46.8 Å². The molecular weight excluding hydrogens is 278 g/mol. The number of methoxy groups -OCH3 is 1.